The molecule has 120 valence electrons. The molecular weight excluding hydrogens is 340 g/mol. The minimum Gasteiger partial charge on any atom is -0.493 e. The van der Waals surface area contributed by atoms with Crippen molar-refractivity contribution in [1.82, 2.24) is 0 Å². The molecule has 0 saturated heterocycles. The predicted molar refractivity (Wildman–Crippen MR) is 97.6 cm³/mol. The van der Waals surface area contributed by atoms with E-state index in [1.807, 2.05) is 0 Å². The molecule has 2 nitrogen and oxygen atoms in total. The lowest BCUT2D eigenvalue weighted by Gasteiger charge is -2.17. The minimum absolute atomic E-state index is 0.670. The number of unbranched alkanes of at least 4 members (excludes halogenated alkanes) is 2. The van der Waals surface area contributed by atoms with Crippen LogP contribution in [-0.2, 0) is 6.42 Å². The number of benzene rings is 2. The molecule has 0 aromatic heterocycles. The van der Waals surface area contributed by atoms with Gasteiger partial charge in [0.1, 0.15) is 11.5 Å². The summed E-state index contributed by atoms with van der Waals surface area (Å²) in [6.07, 6.45) is 4.48. The first kappa shape index (κ1) is 17.1. The Bertz CT molecular complexity index is 595. The maximum Gasteiger partial charge on any atom is 0.130 e. The third-order valence-electron chi connectivity index (χ3n) is 3.74. The van der Waals surface area contributed by atoms with Crippen molar-refractivity contribution in [1.29, 1.82) is 0 Å². The van der Waals surface area contributed by atoms with Crippen LogP contribution in [0.3, 0.4) is 0 Å². The van der Waals surface area contributed by atoms with Crippen molar-refractivity contribution in [2.45, 2.75) is 39.5 Å². The second kappa shape index (κ2) is 9.04. The highest BCUT2D eigenvalue weighted by Gasteiger charge is 2.13. The average Bonchev–Trinajstić information content (AvgIpc) is 2.57. The second-order valence-corrected chi connectivity index (χ2v) is 6.15. The van der Waals surface area contributed by atoms with Gasteiger partial charge in [0.25, 0.3) is 0 Å². The number of fused-ring (bicyclic) bond motifs is 1. The van der Waals surface area contributed by atoms with Gasteiger partial charge in [-0.2, -0.15) is 0 Å². The van der Waals surface area contributed by atoms with Crippen molar-refractivity contribution in [3.05, 3.63) is 35.9 Å². The van der Waals surface area contributed by atoms with Gasteiger partial charge in [0, 0.05) is 16.1 Å². The maximum atomic E-state index is 6.14. The summed E-state index contributed by atoms with van der Waals surface area (Å²) in [4.78, 5) is 0. The summed E-state index contributed by atoms with van der Waals surface area (Å²) in [5.41, 5.74) is 1.22. The highest BCUT2D eigenvalue weighted by atomic mass is 79.9. The van der Waals surface area contributed by atoms with Gasteiger partial charge in [-0.05, 0) is 24.5 Å². The fraction of sp³-hybridized carbons (Fsp3) is 0.474. The van der Waals surface area contributed by atoms with Crippen LogP contribution in [0.5, 0.6) is 11.5 Å². The Balaban J connectivity index is 2.36. The first-order chi connectivity index (χ1) is 10.8. The van der Waals surface area contributed by atoms with Crippen molar-refractivity contribution in [2.75, 3.05) is 18.5 Å². The fourth-order valence-electron chi connectivity index (χ4n) is 2.60. The molecule has 2 rings (SSSR count). The molecule has 0 aliphatic carbocycles. The molecule has 0 radical (unpaired) electrons. The molecule has 0 N–H and O–H groups in total. The summed E-state index contributed by atoms with van der Waals surface area (Å²) in [6.45, 7) is 5.83. The zero-order valence-corrected chi connectivity index (χ0v) is 15.1. The quantitative estimate of drug-likeness (QED) is 0.416. The number of hydrogen-bond acceptors (Lipinski definition) is 2. The molecule has 22 heavy (non-hydrogen) atoms. The Morgan fingerprint density at radius 1 is 0.955 bits per heavy atom. The molecule has 3 heteroatoms. The van der Waals surface area contributed by atoms with E-state index in [1.54, 1.807) is 0 Å². The smallest absolute Gasteiger partial charge is 0.130 e. The van der Waals surface area contributed by atoms with Gasteiger partial charge < -0.3 is 9.47 Å². The van der Waals surface area contributed by atoms with E-state index < -0.39 is 0 Å². The highest BCUT2D eigenvalue weighted by molar-refractivity contribution is 9.09. The third-order valence-corrected chi connectivity index (χ3v) is 4.07. The van der Waals surface area contributed by atoms with Gasteiger partial charge in [-0.1, -0.05) is 66.9 Å². The average molecular weight is 365 g/mol. The molecule has 0 spiro atoms. The van der Waals surface area contributed by atoms with Gasteiger partial charge in [0.05, 0.1) is 13.2 Å². The van der Waals surface area contributed by atoms with Crippen LogP contribution in [0, 0.1) is 0 Å². The van der Waals surface area contributed by atoms with E-state index in [9.17, 15) is 0 Å². The molecule has 2 aromatic carbocycles. The van der Waals surface area contributed by atoms with Crippen LogP contribution in [0.25, 0.3) is 10.8 Å². The standard InChI is InChI=1S/C19H25BrO2/c1-3-5-8-12-22-19-15(4-2)14-18(21-13-11-20)16-9-6-7-10-17(16)19/h6-7,9-10,14H,3-5,8,11-13H2,1-2H3. The molecule has 0 aliphatic heterocycles. The molecule has 0 saturated carbocycles. The van der Waals surface area contributed by atoms with Crippen LogP contribution >= 0.6 is 15.9 Å². The van der Waals surface area contributed by atoms with Crippen molar-refractivity contribution in [3.8, 4) is 11.5 Å². The number of hydrogen-bond donors (Lipinski definition) is 0. The van der Waals surface area contributed by atoms with Crippen LogP contribution < -0.4 is 9.47 Å². The van der Waals surface area contributed by atoms with E-state index in [1.165, 1.54) is 18.4 Å². The van der Waals surface area contributed by atoms with Crippen LogP contribution in [0.4, 0.5) is 0 Å². The van der Waals surface area contributed by atoms with Crippen LogP contribution in [0.2, 0.25) is 0 Å². The maximum absolute atomic E-state index is 6.14. The molecule has 0 heterocycles. The first-order valence-electron chi connectivity index (χ1n) is 8.18. The number of rotatable bonds is 9. The Labute approximate surface area is 141 Å². The van der Waals surface area contributed by atoms with Gasteiger partial charge in [0.2, 0.25) is 0 Å². The van der Waals surface area contributed by atoms with Gasteiger partial charge >= 0.3 is 0 Å². The summed E-state index contributed by atoms with van der Waals surface area (Å²) in [5, 5.41) is 3.12. The summed E-state index contributed by atoms with van der Waals surface area (Å²) < 4.78 is 12.0. The number of halogens is 1. The Kier molecular flexibility index (Phi) is 7.04. The van der Waals surface area contributed by atoms with Gasteiger partial charge in [-0.25, -0.2) is 0 Å². The first-order valence-corrected chi connectivity index (χ1v) is 9.30. The van der Waals surface area contributed by atoms with Crippen molar-refractivity contribution in [3.63, 3.8) is 0 Å². The second-order valence-electron chi connectivity index (χ2n) is 5.36. The van der Waals surface area contributed by atoms with Crippen molar-refractivity contribution in [2.24, 2.45) is 0 Å². The normalized spacial score (nSPS) is 10.9. The van der Waals surface area contributed by atoms with Crippen LogP contribution in [0.1, 0.15) is 38.7 Å². The number of aryl methyl sites for hydroxylation is 1. The van der Waals surface area contributed by atoms with Crippen LogP contribution in [0.15, 0.2) is 30.3 Å². The molecule has 0 fully saturated rings. The summed E-state index contributed by atoms with van der Waals surface area (Å²) >= 11 is 3.42. The van der Waals surface area contributed by atoms with E-state index in [4.69, 9.17) is 9.47 Å². The van der Waals surface area contributed by atoms with E-state index in [-0.39, 0.29) is 0 Å². The van der Waals surface area contributed by atoms with E-state index >= 15 is 0 Å². The zero-order valence-electron chi connectivity index (χ0n) is 13.5. The van der Waals surface area contributed by atoms with Crippen LogP contribution in [-0.4, -0.2) is 18.5 Å². The Hall–Kier alpha value is -1.22. The van der Waals surface area contributed by atoms with Crippen molar-refractivity contribution < 1.29 is 9.47 Å². The van der Waals surface area contributed by atoms with Gasteiger partial charge in [-0.3, -0.25) is 0 Å². The zero-order chi connectivity index (χ0) is 15.8. The molecular formula is C19H25BrO2. The molecule has 2 aromatic rings. The molecule has 0 bridgehead atoms. The van der Waals surface area contributed by atoms with E-state index in [0.717, 1.165) is 47.1 Å². The van der Waals surface area contributed by atoms with E-state index in [0.29, 0.717) is 6.61 Å². The summed E-state index contributed by atoms with van der Waals surface area (Å²) in [6, 6.07) is 10.5. The SMILES string of the molecule is CCCCCOc1c(CC)cc(OCCBr)c2ccccc12. The third kappa shape index (κ3) is 4.16. The van der Waals surface area contributed by atoms with Gasteiger partial charge in [0.15, 0.2) is 0 Å². The lowest BCUT2D eigenvalue weighted by atomic mass is 10.0. The predicted octanol–water partition coefficient (Wildman–Crippen LogP) is 5.74. The fourth-order valence-corrected chi connectivity index (χ4v) is 2.76. The molecule has 0 amide bonds. The van der Waals surface area contributed by atoms with Crippen molar-refractivity contribution >= 4 is 26.7 Å². The summed E-state index contributed by atoms with van der Waals surface area (Å²) in [5.74, 6) is 1.98. The Morgan fingerprint density at radius 3 is 2.41 bits per heavy atom. The summed E-state index contributed by atoms with van der Waals surface area (Å²) in [7, 11) is 0. The number of ether oxygens (including phenoxy) is 2. The largest absolute Gasteiger partial charge is 0.493 e. The molecule has 0 atom stereocenters. The highest BCUT2D eigenvalue weighted by Crippen LogP contribution is 2.37. The van der Waals surface area contributed by atoms with E-state index in [2.05, 4.69) is 60.1 Å². The Morgan fingerprint density at radius 2 is 1.73 bits per heavy atom. The molecule has 0 unspecified atom stereocenters. The lowest BCUT2D eigenvalue weighted by Crippen LogP contribution is -2.03. The topological polar surface area (TPSA) is 18.5 Å². The van der Waals surface area contributed by atoms with Gasteiger partial charge in [-0.15, -0.1) is 0 Å². The molecule has 0 aliphatic rings. The lowest BCUT2D eigenvalue weighted by molar-refractivity contribution is 0.305. The number of alkyl halides is 1. The minimum atomic E-state index is 0.670. The monoisotopic (exact) mass is 364 g/mol.